The van der Waals surface area contributed by atoms with Crippen molar-refractivity contribution in [1.82, 2.24) is 30.3 Å². The highest BCUT2D eigenvalue weighted by Crippen LogP contribution is 2.27. The number of carbonyl (C=O) groups is 1. The fourth-order valence-corrected chi connectivity index (χ4v) is 3.47. The van der Waals surface area contributed by atoms with Crippen molar-refractivity contribution in [2.45, 2.75) is 6.54 Å². The van der Waals surface area contributed by atoms with Crippen molar-refractivity contribution < 1.29 is 14.3 Å². The summed E-state index contributed by atoms with van der Waals surface area (Å²) < 4.78 is 13.3. The molecule has 1 aromatic carbocycles. The predicted molar refractivity (Wildman–Crippen MR) is 115 cm³/mol. The van der Waals surface area contributed by atoms with E-state index in [4.69, 9.17) is 9.97 Å². The second-order valence-corrected chi connectivity index (χ2v) is 7.52. The van der Waals surface area contributed by atoms with Gasteiger partial charge in [-0.2, -0.15) is 0 Å². The Bertz CT molecular complexity index is 1080. The number of nitrogens with zero attached hydrogens (tertiary/aromatic N) is 6. The Balaban J connectivity index is 1.74. The van der Waals surface area contributed by atoms with Gasteiger partial charge in [0.05, 0.1) is 17.8 Å². The number of hydrazine groups is 1. The summed E-state index contributed by atoms with van der Waals surface area (Å²) in [5.41, 5.74) is 6.00. The van der Waals surface area contributed by atoms with Gasteiger partial charge >= 0.3 is 6.09 Å². The number of carboxylic acid groups (broad SMARTS) is 1. The molecule has 162 valence electrons. The van der Waals surface area contributed by atoms with E-state index < -0.39 is 6.09 Å². The van der Waals surface area contributed by atoms with Crippen LogP contribution in [0, 0.1) is 5.82 Å². The maximum atomic E-state index is 13.3. The lowest BCUT2D eigenvalue weighted by Crippen LogP contribution is -2.48. The molecule has 0 spiro atoms. The monoisotopic (exact) mass is 425 g/mol. The highest BCUT2D eigenvalue weighted by molar-refractivity contribution is 5.88. The average molecular weight is 425 g/mol. The first-order valence-electron chi connectivity index (χ1n) is 9.98. The van der Waals surface area contributed by atoms with Crippen LogP contribution < -0.4 is 10.3 Å². The Morgan fingerprint density at radius 2 is 1.77 bits per heavy atom. The number of piperazine rings is 1. The van der Waals surface area contributed by atoms with E-state index in [1.54, 1.807) is 12.1 Å². The standard InChI is InChI=1S/C21H24FN7O2/c1-27(2)23-13-18-24-17-8-7-16(14-3-5-15(22)6-4-14)25-19(17)20(26-18)28-9-11-29(12-10-28)21(30)31/h3-8,23H,9-13H2,1-2H3,(H,30,31). The van der Waals surface area contributed by atoms with Gasteiger partial charge in [0.25, 0.3) is 0 Å². The summed E-state index contributed by atoms with van der Waals surface area (Å²) in [6, 6.07) is 9.92. The zero-order valence-electron chi connectivity index (χ0n) is 17.4. The molecule has 31 heavy (non-hydrogen) atoms. The van der Waals surface area contributed by atoms with Crippen molar-refractivity contribution in [2.75, 3.05) is 45.2 Å². The molecule has 0 bridgehead atoms. The van der Waals surface area contributed by atoms with Crippen molar-refractivity contribution >= 4 is 22.9 Å². The van der Waals surface area contributed by atoms with Gasteiger partial charge in [-0.1, -0.05) is 0 Å². The van der Waals surface area contributed by atoms with Crippen LogP contribution in [0.1, 0.15) is 5.82 Å². The van der Waals surface area contributed by atoms with E-state index in [0.717, 1.165) is 5.56 Å². The number of anilines is 1. The summed E-state index contributed by atoms with van der Waals surface area (Å²) in [6.45, 7) is 2.26. The van der Waals surface area contributed by atoms with Crippen LogP contribution in [-0.4, -0.2) is 76.3 Å². The van der Waals surface area contributed by atoms with E-state index in [2.05, 4.69) is 10.4 Å². The molecule has 0 unspecified atom stereocenters. The van der Waals surface area contributed by atoms with Gasteiger partial charge in [0, 0.05) is 45.8 Å². The number of rotatable bonds is 5. The first-order chi connectivity index (χ1) is 14.9. The summed E-state index contributed by atoms with van der Waals surface area (Å²) >= 11 is 0. The van der Waals surface area contributed by atoms with Crippen LogP contribution in [-0.2, 0) is 6.54 Å². The van der Waals surface area contributed by atoms with E-state index in [0.29, 0.717) is 61.1 Å². The Kier molecular flexibility index (Phi) is 5.92. The second kappa shape index (κ2) is 8.78. The zero-order chi connectivity index (χ0) is 22.0. The number of hydrogen-bond acceptors (Lipinski definition) is 7. The van der Waals surface area contributed by atoms with Crippen LogP contribution >= 0.6 is 0 Å². The molecular formula is C21H24FN7O2. The number of amides is 1. The molecule has 2 N–H and O–H groups in total. The highest BCUT2D eigenvalue weighted by Gasteiger charge is 2.24. The van der Waals surface area contributed by atoms with E-state index in [1.165, 1.54) is 17.0 Å². The topological polar surface area (TPSA) is 97.7 Å². The smallest absolute Gasteiger partial charge is 0.407 e. The minimum atomic E-state index is -0.917. The largest absolute Gasteiger partial charge is 0.465 e. The molecule has 10 heteroatoms. The molecule has 1 aliphatic rings. The Hall–Kier alpha value is -3.37. The quantitative estimate of drug-likeness (QED) is 0.601. The SMILES string of the molecule is CN(C)NCc1nc(N2CCN(C(=O)O)CC2)c2nc(-c3ccc(F)cc3)ccc2n1. The Labute approximate surface area is 179 Å². The molecule has 3 heterocycles. The minimum Gasteiger partial charge on any atom is -0.465 e. The fourth-order valence-electron chi connectivity index (χ4n) is 3.47. The molecule has 4 rings (SSSR count). The number of hydrogen-bond donors (Lipinski definition) is 2. The zero-order valence-corrected chi connectivity index (χ0v) is 17.4. The van der Waals surface area contributed by atoms with Gasteiger partial charge in [-0.25, -0.2) is 29.6 Å². The molecule has 0 saturated carbocycles. The lowest BCUT2D eigenvalue weighted by molar-refractivity contribution is 0.142. The van der Waals surface area contributed by atoms with Gasteiger partial charge in [0.1, 0.15) is 17.2 Å². The maximum Gasteiger partial charge on any atom is 0.407 e. The van der Waals surface area contributed by atoms with Crippen molar-refractivity contribution in [3.05, 3.63) is 48.0 Å². The molecule has 2 aromatic heterocycles. The van der Waals surface area contributed by atoms with E-state index >= 15 is 0 Å². The molecule has 0 aliphatic carbocycles. The van der Waals surface area contributed by atoms with Crippen LogP contribution in [0.25, 0.3) is 22.3 Å². The third-order valence-electron chi connectivity index (χ3n) is 5.11. The molecule has 1 fully saturated rings. The van der Waals surface area contributed by atoms with E-state index in [9.17, 15) is 14.3 Å². The summed E-state index contributed by atoms with van der Waals surface area (Å²) in [5.74, 6) is 0.991. The van der Waals surface area contributed by atoms with Gasteiger partial charge in [0.15, 0.2) is 5.82 Å². The van der Waals surface area contributed by atoms with Crippen molar-refractivity contribution in [2.24, 2.45) is 0 Å². The first kappa shape index (κ1) is 20.9. The van der Waals surface area contributed by atoms with Crippen LogP contribution in [0.4, 0.5) is 15.0 Å². The Morgan fingerprint density at radius 1 is 1.06 bits per heavy atom. The third kappa shape index (κ3) is 4.70. The highest BCUT2D eigenvalue weighted by atomic mass is 19.1. The van der Waals surface area contributed by atoms with Gasteiger partial charge in [-0.3, -0.25) is 5.01 Å². The van der Waals surface area contributed by atoms with E-state index in [-0.39, 0.29) is 5.82 Å². The lowest BCUT2D eigenvalue weighted by Gasteiger charge is -2.34. The van der Waals surface area contributed by atoms with Crippen molar-refractivity contribution in [1.29, 1.82) is 0 Å². The van der Waals surface area contributed by atoms with Gasteiger partial charge < -0.3 is 14.9 Å². The first-order valence-corrected chi connectivity index (χ1v) is 9.98. The predicted octanol–water partition coefficient (Wildman–Crippen LogP) is 2.20. The molecule has 1 amide bonds. The van der Waals surface area contributed by atoms with Crippen LogP contribution in [0.2, 0.25) is 0 Å². The van der Waals surface area contributed by atoms with Crippen LogP contribution in [0.15, 0.2) is 36.4 Å². The number of pyridine rings is 1. The van der Waals surface area contributed by atoms with Gasteiger partial charge in [0.2, 0.25) is 0 Å². The third-order valence-corrected chi connectivity index (χ3v) is 5.11. The molecule has 9 nitrogen and oxygen atoms in total. The van der Waals surface area contributed by atoms with Gasteiger partial charge in [-0.05, 0) is 36.4 Å². The number of aromatic nitrogens is 3. The summed E-state index contributed by atoms with van der Waals surface area (Å²) in [4.78, 5) is 28.9. The molecule has 0 atom stereocenters. The summed E-state index contributed by atoms with van der Waals surface area (Å²) in [7, 11) is 3.78. The number of fused-ring (bicyclic) bond motifs is 1. The lowest BCUT2D eigenvalue weighted by atomic mass is 10.1. The van der Waals surface area contributed by atoms with E-state index in [1.807, 2.05) is 36.1 Å². The minimum absolute atomic E-state index is 0.303. The van der Waals surface area contributed by atoms with Crippen LogP contribution in [0.3, 0.4) is 0 Å². The molecule has 3 aromatic rings. The molecular weight excluding hydrogens is 401 g/mol. The molecule has 1 saturated heterocycles. The summed E-state index contributed by atoms with van der Waals surface area (Å²) in [5, 5.41) is 11.1. The Morgan fingerprint density at radius 3 is 2.42 bits per heavy atom. The number of halogens is 1. The summed E-state index contributed by atoms with van der Waals surface area (Å²) in [6.07, 6.45) is -0.917. The number of benzene rings is 1. The fraction of sp³-hybridized carbons (Fsp3) is 0.333. The second-order valence-electron chi connectivity index (χ2n) is 7.52. The van der Waals surface area contributed by atoms with Crippen LogP contribution in [0.5, 0.6) is 0 Å². The maximum absolute atomic E-state index is 13.3. The molecule has 0 radical (unpaired) electrons. The average Bonchev–Trinajstić information content (AvgIpc) is 2.77. The number of nitrogens with one attached hydrogen (secondary N) is 1. The normalized spacial score (nSPS) is 14.5. The van der Waals surface area contributed by atoms with Gasteiger partial charge in [-0.15, -0.1) is 0 Å². The molecule has 1 aliphatic heterocycles. The van der Waals surface area contributed by atoms with Crippen molar-refractivity contribution in [3.63, 3.8) is 0 Å². The van der Waals surface area contributed by atoms with Crippen molar-refractivity contribution in [3.8, 4) is 11.3 Å².